The van der Waals surface area contributed by atoms with Gasteiger partial charge >= 0.3 is 0 Å². The molecule has 22 heavy (non-hydrogen) atoms. The molecule has 118 valence electrons. The van der Waals surface area contributed by atoms with Gasteiger partial charge in [-0.3, -0.25) is 4.79 Å². The maximum Gasteiger partial charge on any atom is 0.273 e. The zero-order valence-electron chi connectivity index (χ0n) is 13.3. The van der Waals surface area contributed by atoms with Crippen LogP contribution >= 0.6 is 0 Å². The lowest BCUT2D eigenvalue weighted by Gasteiger charge is -2.30. The van der Waals surface area contributed by atoms with E-state index in [1.807, 2.05) is 45.0 Å². The summed E-state index contributed by atoms with van der Waals surface area (Å²) >= 11 is 0. The van der Waals surface area contributed by atoms with E-state index in [-0.39, 0.29) is 11.4 Å². The number of nitrogens with zero attached hydrogens (tertiary/aromatic N) is 3. The quantitative estimate of drug-likeness (QED) is 0.852. The average molecular weight is 301 g/mol. The highest BCUT2D eigenvalue weighted by Gasteiger charge is 2.27. The number of aromatic nitrogens is 3. The molecule has 6 nitrogen and oxygen atoms in total. The molecule has 0 spiro atoms. The second-order valence-electron chi connectivity index (χ2n) is 5.53. The van der Waals surface area contributed by atoms with Gasteiger partial charge in [-0.25, -0.2) is 4.68 Å². The fourth-order valence-electron chi connectivity index (χ4n) is 2.26. The van der Waals surface area contributed by atoms with Crippen molar-refractivity contribution in [1.82, 2.24) is 20.3 Å². The summed E-state index contributed by atoms with van der Waals surface area (Å²) in [7, 11) is 0. The number of hydrogen-bond donors (Lipinski definition) is 2. The van der Waals surface area contributed by atoms with Gasteiger partial charge in [0.05, 0.1) is 17.4 Å². The van der Waals surface area contributed by atoms with E-state index in [9.17, 15) is 4.79 Å². The van der Waals surface area contributed by atoms with Crippen molar-refractivity contribution >= 4 is 5.91 Å². The minimum Gasteiger partial charge on any atom is -0.344 e. The smallest absolute Gasteiger partial charge is 0.273 e. The van der Waals surface area contributed by atoms with Crippen LogP contribution in [-0.4, -0.2) is 33.0 Å². The Kier molecular flexibility index (Phi) is 4.92. The number of hydrogen-bond acceptors (Lipinski definition) is 4. The van der Waals surface area contributed by atoms with Gasteiger partial charge < -0.3 is 11.1 Å². The van der Waals surface area contributed by atoms with Crippen LogP contribution in [0.5, 0.6) is 0 Å². The number of nitrogens with two attached hydrogens (primary N) is 1. The van der Waals surface area contributed by atoms with Crippen molar-refractivity contribution in [2.24, 2.45) is 5.73 Å². The van der Waals surface area contributed by atoms with E-state index in [0.29, 0.717) is 12.2 Å². The van der Waals surface area contributed by atoms with Gasteiger partial charge in [0.15, 0.2) is 5.69 Å². The van der Waals surface area contributed by atoms with Gasteiger partial charge in [-0.15, -0.1) is 5.10 Å². The second-order valence-corrected chi connectivity index (χ2v) is 5.53. The molecule has 1 aromatic heterocycles. The fourth-order valence-corrected chi connectivity index (χ4v) is 2.26. The highest BCUT2D eigenvalue weighted by atomic mass is 16.2. The monoisotopic (exact) mass is 301 g/mol. The normalized spacial score (nSPS) is 11.5. The Labute approximate surface area is 130 Å². The topological polar surface area (TPSA) is 85.8 Å². The first-order chi connectivity index (χ1) is 10.5. The van der Waals surface area contributed by atoms with Gasteiger partial charge in [0.2, 0.25) is 0 Å². The molecular weight excluding hydrogens is 278 g/mol. The lowest BCUT2D eigenvalue weighted by molar-refractivity contribution is 0.0890. The lowest BCUT2D eigenvalue weighted by atomic mass is 9.93. The SMILES string of the molecule is CCC(CC)(CN)NC(=O)c1cn(-c2ccc(C)cc2)nn1. The number of aryl methyl sites for hydroxylation is 1. The third-order valence-corrected chi connectivity index (χ3v) is 4.15. The summed E-state index contributed by atoms with van der Waals surface area (Å²) in [6, 6.07) is 7.86. The van der Waals surface area contributed by atoms with Gasteiger partial charge in [-0.1, -0.05) is 36.8 Å². The zero-order chi connectivity index (χ0) is 16.2. The van der Waals surface area contributed by atoms with Gasteiger partial charge in [0, 0.05) is 6.54 Å². The number of amides is 1. The van der Waals surface area contributed by atoms with Gasteiger partial charge in [0.25, 0.3) is 5.91 Å². The lowest BCUT2D eigenvalue weighted by Crippen LogP contribution is -2.53. The molecule has 0 saturated heterocycles. The van der Waals surface area contributed by atoms with Crippen molar-refractivity contribution in [3.8, 4) is 5.69 Å². The summed E-state index contributed by atoms with van der Waals surface area (Å²) in [5, 5.41) is 11.0. The van der Waals surface area contributed by atoms with E-state index in [1.165, 1.54) is 5.56 Å². The average Bonchev–Trinajstić information content (AvgIpc) is 3.03. The molecule has 0 atom stereocenters. The molecule has 0 aliphatic carbocycles. The molecular formula is C16H23N5O. The maximum atomic E-state index is 12.4. The Bertz CT molecular complexity index is 620. The van der Waals surface area contributed by atoms with Gasteiger partial charge in [-0.2, -0.15) is 0 Å². The summed E-state index contributed by atoms with van der Waals surface area (Å²) in [5.41, 5.74) is 7.75. The number of nitrogens with one attached hydrogen (secondary N) is 1. The van der Waals surface area contributed by atoms with E-state index in [0.717, 1.165) is 18.5 Å². The number of carbonyl (C=O) groups is 1. The third-order valence-electron chi connectivity index (χ3n) is 4.15. The molecule has 6 heteroatoms. The summed E-state index contributed by atoms with van der Waals surface area (Å²) < 4.78 is 1.59. The first kappa shape index (κ1) is 16.2. The molecule has 0 aliphatic rings. The summed E-state index contributed by atoms with van der Waals surface area (Å²) in [4.78, 5) is 12.4. The molecule has 2 rings (SSSR count). The predicted octanol–water partition coefficient (Wildman–Crippen LogP) is 1.82. The van der Waals surface area contributed by atoms with Crippen LogP contribution in [0.3, 0.4) is 0 Å². The van der Waals surface area contributed by atoms with Crippen LogP contribution in [0.25, 0.3) is 5.69 Å². The van der Waals surface area contributed by atoms with Gasteiger partial charge in [-0.05, 0) is 31.9 Å². The highest BCUT2D eigenvalue weighted by Crippen LogP contribution is 2.14. The van der Waals surface area contributed by atoms with Crippen molar-refractivity contribution in [2.45, 2.75) is 39.2 Å². The summed E-state index contributed by atoms with van der Waals surface area (Å²) in [5.74, 6) is -0.243. The van der Waals surface area contributed by atoms with Crippen LogP contribution in [-0.2, 0) is 0 Å². The van der Waals surface area contributed by atoms with Crippen molar-refractivity contribution in [3.05, 3.63) is 41.7 Å². The minimum atomic E-state index is -0.384. The molecule has 0 fully saturated rings. The van der Waals surface area contributed by atoms with E-state index in [1.54, 1.807) is 10.9 Å². The molecule has 1 aromatic carbocycles. The molecule has 0 radical (unpaired) electrons. The summed E-state index contributed by atoms with van der Waals surface area (Å²) in [6.45, 7) is 6.45. The highest BCUT2D eigenvalue weighted by molar-refractivity contribution is 5.92. The standard InChI is InChI=1S/C16H23N5O/c1-4-16(5-2,11-17)18-15(22)14-10-21(20-19-14)13-8-6-12(3)7-9-13/h6-10H,4-5,11,17H2,1-3H3,(H,18,22). The molecule has 0 saturated carbocycles. The molecule has 0 bridgehead atoms. The van der Waals surface area contributed by atoms with Crippen LogP contribution in [0.15, 0.2) is 30.5 Å². The van der Waals surface area contributed by atoms with Gasteiger partial charge in [0.1, 0.15) is 0 Å². The zero-order valence-corrected chi connectivity index (χ0v) is 13.3. The van der Waals surface area contributed by atoms with E-state index >= 15 is 0 Å². The maximum absolute atomic E-state index is 12.4. The first-order valence-electron chi connectivity index (χ1n) is 7.55. The fraction of sp³-hybridized carbons (Fsp3) is 0.438. The van der Waals surface area contributed by atoms with Crippen LogP contribution < -0.4 is 11.1 Å². The molecule has 3 N–H and O–H groups in total. The first-order valence-corrected chi connectivity index (χ1v) is 7.55. The second kappa shape index (κ2) is 6.70. The molecule has 2 aromatic rings. The van der Waals surface area contributed by atoms with Crippen molar-refractivity contribution in [3.63, 3.8) is 0 Å². The minimum absolute atomic E-state index is 0.243. The van der Waals surface area contributed by atoms with E-state index in [2.05, 4.69) is 15.6 Å². The van der Waals surface area contributed by atoms with Crippen LogP contribution in [0.1, 0.15) is 42.7 Å². The van der Waals surface area contributed by atoms with E-state index in [4.69, 9.17) is 5.73 Å². The third kappa shape index (κ3) is 3.33. The number of benzene rings is 1. The Hall–Kier alpha value is -2.21. The summed E-state index contributed by atoms with van der Waals surface area (Å²) in [6.07, 6.45) is 3.18. The molecule has 0 aliphatic heterocycles. The number of carbonyl (C=O) groups excluding carboxylic acids is 1. The van der Waals surface area contributed by atoms with Crippen LogP contribution in [0.2, 0.25) is 0 Å². The molecule has 1 heterocycles. The predicted molar refractivity (Wildman–Crippen MR) is 85.9 cm³/mol. The number of rotatable bonds is 6. The van der Waals surface area contributed by atoms with Crippen molar-refractivity contribution in [2.75, 3.05) is 6.54 Å². The Morgan fingerprint density at radius 1 is 1.27 bits per heavy atom. The Balaban J connectivity index is 2.17. The Morgan fingerprint density at radius 2 is 1.91 bits per heavy atom. The molecule has 1 amide bonds. The van der Waals surface area contributed by atoms with E-state index < -0.39 is 0 Å². The van der Waals surface area contributed by atoms with Crippen molar-refractivity contribution in [1.29, 1.82) is 0 Å². The van der Waals surface area contributed by atoms with Crippen LogP contribution in [0, 0.1) is 6.92 Å². The van der Waals surface area contributed by atoms with Crippen LogP contribution in [0.4, 0.5) is 0 Å². The Morgan fingerprint density at radius 3 is 2.45 bits per heavy atom. The molecule has 0 unspecified atom stereocenters. The van der Waals surface area contributed by atoms with Crippen molar-refractivity contribution < 1.29 is 4.79 Å². The largest absolute Gasteiger partial charge is 0.344 e.